The molecular weight excluding hydrogens is 390 g/mol. The lowest BCUT2D eigenvalue weighted by Gasteiger charge is -2.29. The molecule has 0 fully saturated rings. The van der Waals surface area contributed by atoms with Gasteiger partial charge in [-0.15, -0.1) is 0 Å². The Hall–Kier alpha value is -3.00. The van der Waals surface area contributed by atoms with Crippen LogP contribution in [0.3, 0.4) is 0 Å². The minimum Gasteiger partial charge on any atom is -0.490 e. The van der Waals surface area contributed by atoms with Gasteiger partial charge in [-0.2, -0.15) is 0 Å². The molecule has 2 aromatic rings. The quantitative estimate of drug-likeness (QED) is 0.758. The number of hydrogen-bond donors (Lipinski definition) is 1. The monoisotopic (exact) mass is 413 g/mol. The SMILES string of the molecule is CN(C)C(=O)Sc1ccccc1NC(=O)CCC(=O)N1CCOc2ccccc21. The number of para-hydroxylation sites is 3. The number of benzene rings is 2. The van der Waals surface area contributed by atoms with Gasteiger partial charge in [-0.3, -0.25) is 14.4 Å². The summed E-state index contributed by atoms with van der Waals surface area (Å²) >= 11 is 1.04. The Labute approximate surface area is 174 Å². The number of carbonyl (C=O) groups is 3. The molecule has 1 N–H and O–H groups in total. The van der Waals surface area contributed by atoms with Crippen LogP contribution in [0.1, 0.15) is 12.8 Å². The lowest BCUT2D eigenvalue weighted by atomic mass is 10.2. The predicted octanol–water partition coefficient (Wildman–Crippen LogP) is 3.60. The van der Waals surface area contributed by atoms with Gasteiger partial charge in [0, 0.05) is 31.8 Å². The van der Waals surface area contributed by atoms with E-state index in [0.29, 0.717) is 29.5 Å². The third-order valence-electron chi connectivity index (χ3n) is 4.32. The van der Waals surface area contributed by atoms with Crippen molar-refractivity contribution in [3.63, 3.8) is 0 Å². The Morgan fingerprint density at radius 3 is 2.59 bits per heavy atom. The second-order valence-electron chi connectivity index (χ2n) is 6.67. The number of ether oxygens (including phenoxy) is 1. The van der Waals surface area contributed by atoms with E-state index < -0.39 is 0 Å². The van der Waals surface area contributed by atoms with Crippen LogP contribution in [0.4, 0.5) is 16.2 Å². The van der Waals surface area contributed by atoms with Gasteiger partial charge in [0.25, 0.3) is 5.24 Å². The van der Waals surface area contributed by atoms with Crippen molar-refractivity contribution < 1.29 is 19.1 Å². The number of thioether (sulfide) groups is 1. The van der Waals surface area contributed by atoms with E-state index in [1.54, 1.807) is 43.3 Å². The summed E-state index contributed by atoms with van der Waals surface area (Å²) in [5.74, 6) is 0.277. The van der Waals surface area contributed by atoms with Crippen molar-refractivity contribution in [3.05, 3.63) is 48.5 Å². The van der Waals surface area contributed by atoms with Crippen molar-refractivity contribution in [3.8, 4) is 5.75 Å². The van der Waals surface area contributed by atoms with E-state index in [0.717, 1.165) is 17.4 Å². The van der Waals surface area contributed by atoms with Crippen LogP contribution in [0.15, 0.2) is 53.4 Å². The van der Waals surface area contributed by atoms with E-state index in [-0.39, 0.29) is 29.9 Å². The summed E-state index contributed by atoms with van der Waals surface area (Å²) in [4.78, 5) is 40.8. The molecule has 3 rings (SSSR count). The van der Waals surface area contributed by atoms with Gasteiger partial charge in [0.05, 0.1) is 17.9 Å². The maximum absolute atomic E-state index is 12.6. The maximum Gasteiger partial charge on any atom is 0.286 e. The summed E-state index contributed by atoms with van der Waals surface area (Å²) < 4.78 is 5.56. The fraction of sp³-hybridized carbons (Fsp3) is 0.286. The molecule has 7 nitrogen and oxygen atoms in total. The smallest absolute Gasteiger partial charge is 0.286 e. The van der Waals surface area contributed by atoms with Gasteiger partial charge in [-0.05, 0) is 36.0 Å². The Kier molecular flexibility index (Phi) is 6.77. The molecule has 3 amide bonds. The lowest BCUT2D eigenvalue weighted by molar-refractivity contribution is -0.122. The van der Waals surface area contributed by atoms with Crippen molar-refractivity contribution in [1.29, 1.82) is 0 Å². The molecule has 0 spiro atoms. The van der Waals surface area contributed by atoms with Crippen molar-refractivity contribution in [2.24, 2.45) is 0 Å². The molecule has 1 aliphatic heterocycles. The summed E-state index contributed by atoms with van der Waals surface area (Å²) in [6, 6.07) is 14.5. The molecule has 29 heavy (non-hydrogen) atoms. The molecule has 2 aromatic carbocycles. The summed E-state index contributed by atoms with van der Waals surface area (Å²) in [6.07, 6.45) is 0.144. The summed E-state index contributed by atoms with van der Waals surface area (Å²) in [7, 11) is 3.35. The minimum atomic E-state index is -0.273. The van der Waals surface area contributed by atoms with Gasteiger partial charge in [0.2, 0.25) is 11.8 Å². The third-order valence-corrected chi connectivity index (χ3v) is 5.43. The topological polar surface area (TPSA) is 79.0 Å². The van der Waals surface area contributed by atoms with E-state index in [1.807, 2.05) is 24.3 Å². The summed E-state index contributed by atoms with van der Waals surface area (Å²) in [6.45, 7) is 0.892. The van der Waals surface area contributed by atoms with E-state index >= 15 is 0 Å². The van der Waals surface area contributed by atoms with E-state index in [2.05, 4.69) is 5.32 Å². The fourth-order valence-corrected chi connectivity index (χ4v) is 3.59. The second kappa shape index (κ2) is 9.47. The Morgan fingerprint density at radius 2 is 1.79 bits per heavy atom. The largest absolute Gasteiger partial charge is 0.490 e. The van der Waals surface area contributed by atoms with Gasteiger partial charge in [-0.25, -0.2) is 0 Å². The average Bonchev–Trinajstić information content (AvgIpc) is 2.73. The highest BCUT2D eigenvalue weighted by atomic mass is 32.2. The lowest BCUT2D eigenvalue weighted by Crippen LogP contribution is -2.38. The molecule has 0 unspecified atom stereocenters. The normalized spacial score (nSPS) is 12.6. The van der Waals surface area contributed by atoms with Crippen LogP contribution >= 0.6 is 11.8 Å². The predicted molar refractivity (Wildman–Crippen MR) is 114 cm³/mol. The van der Waals surface area contributed by atoms with E-state index in [9.17, 15) is 14.4 Å². The number of nitrogens with zero attached hydrogens (tertiary/aromatic N) is 2. The number of hydrogen-bond acceptors (Lipinski definition) is 5. The molecule has 0 atom stereocenters. The first-order valence-corrected chi connectivity index (χ1v) is 10.1. The number of carbonyl (C=O) groups excluding carboxylic acids is 3. The Bertz CT molecular complexity index is 916. The van der Waals surface area contributed by atoms with Crippen LogP contribution in [0.25, 0.3) is 0 Å². The Morgan fingerprint density at radius 1 is 1.07 bits per heavy atom. The van der Waals surface area contributed by atoms with Crippen molar-refractivity contribution in [1.82, 2.24) is 4.90 Å². The van der Waals surface area contributed by atoms with Crippen LogP contribution in [0, 0.1) is 0 Å². The van der Waals surface area contributed by atoms with Gasteiger partial charge in [-0.1, -0.05) is 24.3 Å². The molecule has 8 heteroatoms. The molecule has 0 saturated carbocycles. The zero-order valence-corrected chi connectivity index (χ0v) is 17.2. The molecule has 1 aliphatic rings. The second-order valence-corrected chi connectivity index (χ2v) is 7.66. The van der Waals surface area contributed by atoms with E-state index in [1.165, 1.54) is 4.90 Å². The van der Waals surface area contributed by atoms with Crippen molar-refractivity contribution in [2.75, 3.05) is 37.5 Å². The standard InChI is InChI=1S/C21H23N3O4S/c1-23(2)21(27)29-18-10-6-3-7-15(18)22-19(25)11-12-20(26)24-13-14-28-17-9-5-4-8-16(17)24/h3-10H,11-14H2,1-2H3,(H,22,25). The third kappa shape index (κ3) is 5.29. The first kappa shape index (κ1) is 20.7. The highest BCUT2D eigenvalue weighted by Gasteiger charge is 2.23. The number of nitrogens with one attached hydrogen (secondary N) is 1. The number of fused-ring (bicyclic) bond motifs is 1. The van der Waals surface area contributed by atoms with Crippen LogP contribution < -0.4 is 15.0 Å². The van der Waals surface area contributed by atoms with Gasteiger partial charge in [0.15, 0.2) is 0 Å². The number of rotatable bonds is 5. The minimum absolute atomic E-state index is 0.0545. The van der Waals surface area contributed by atoms with Crippen LogP contribution in [-0.4, -0.2) is 49.2 Å². The van der Waals surface area contributed by atoms with Crippen LogP contribution in [0.5, 0.6) is 5.75 Å². The highest BCUT2D eigenvalue weighted by Crippen LogP contribution is 2.32. The molecule has 152 valence electrons. The van der Waals surface area contributed by atoms with Crippen molar-refractivity contribution >= 4 is 40.2 Å². The Balaban J connectivity index is 1.59. The van der Waals surface area contributed by atoms with Crippen molar-refractivity contribution in [2.45, 2.75) is 17.7 Å². The fourth-order valence-electron chi connectivity index (χ4n) is 2.84. The molecule has 0 aliphatic carbocycles. The van der Waals surface area contributed by atoms with Gasteiger partial charge < -0.3 is 19.9 Å². The summed E-state index contributed by atoms with van der Waals surface area (Å²) in [5.41, 5.74) is 1.29. The zero-order chi connectivity index (χ0) is 20.8. The highest BCUT2D eigenvalue weighted by molar-refractivity contribution is 8.13. The molecule has 0 aromatic heterocycles. The van der Waals surface area contributed by atoms with E-state index in [4.69, 9.17) is 4.74 Å². The van der Waals surface area contributed by atoms with Crippen LogP contribution in [-0.2, 0) is 9.59 Å². The molecule has 0 radical (unpaired) electrons. The number of amides is 3. The summed E-state index contributed by atoms with van der Waals surface area (Å²) in [5, 5.41) is 2.67. The van der Waals surface area contributed by atoms with Gasteiger partial charge >= 0.3 is 0 Å². The van der Waals surface area contributed by atoms with Crippen LogP contribution in [0.2, 0.25) is 0 Å². The first-order chi connectivity index (χ1) is 14.0. The molecule has 0 saturated heterocycles. The molecule has 0 bridgehead atoms. The number of anilines is 2. The maximum atomic E-state index is 12.6. The molecular formula is C21H23N3O4S. The average molecular weight is 413 g/mol. The zero-order valence-electron chi connectivity index (χ0n) is 16.4. The molecule has 1 heterocycles. The van der Waals surface area contributed by atoms with Gasteiger partial charge in [0.1, 0.15) is 12.4 Å². The first-order valence-electron chi connectivity index (χ1n) is 9.26.